The Balaban J connectivity index is 2.49. The lowest BCUT2D eigenvalue weighted by Gasteiger charge is -2.02. The average Bonchev–Trinajstić information content (AvgIpc) is 2.70. The van der Waals surface area contributed by atoms with Gasteiger partial charge in [0.05, 0.1) is 13.0 Å². The molecule has 0 radical (unpaired) electrons. The van der Waals surface area contributed by atoms with Crippen LogP contribution in [0.3, 0.4) is 0 Å². The van der Waals surface area contributed by atoms with Crippen LogP contribution in [0, 0.1) is 0 Å². The van der Waals surface area contributed by atoms with E-state index in [1.165, 1.54) is 0 Å². The molecule has 0 atom stereocenters. The van der Waals surface area contributed by atoms with E-state index in [0.717, 1.165) is 22.6 Å². The highest BCUT2D eigenvalue weighted by atomic mass is 79.9. The molecule has 1 aromatic heterocycles. The molecule has 0 saturated carbocycles. The van der Waals surface area contributed by atoms with E-state index in [-0.39, 0.29) is 0 Å². The molecule has 0 amide bonds. The van der Waals surface area contributed by atoms with E-state index in [1.807, 2.05) is 24.3 Å². The maximum Gasteiger partial charge on any atom is 0.206 e. The first-order valence-corrected chi connectivity index (χ1v) is 5.93. The van der Waals surface area contributed by atoms with Gasteiger partial charge in [0, 0.05) is 11.1 Å². The average molecular weight is 303 g/mol. The summed E-state index contributed by atoms with van der Waals surface area (Å²) in [6.07, 6.45) is 0. The van der Waals surface area contributed by atoms with Crippen molar-refractivity contribution in [3.05, 3.63) is 34.5 Å². The Bertz CT molecular complexity index is 498. The van der Waals surface area contributed by atoms with E-state index >= 15 is 0 Å². The van der Waals surface area contributed by atoms with Crippen molar-refractivity contribution in [1.82, 2.24) is 5.16 Å². The van der Waals surface area contributed by atoms with Crippen molar-refractivity contribution in [2.24, 2.45) is 0 Å². The molecular formula is C11H9BrClNO2. The van der Waals surface area contributed by atoms with Crippen LogP contribution in [-0.2, 0) is 5.88 Å². The summed E-state index contributed by atoms with van der Waals surface area (Å²) in [5, 5.41) is 3.97. The number of hydrogen-bond acceptors (Lipinski definition) is 3. The molecular weight excluding hydrogens is 293 g/mol. The van der Waals surface area contributed by atoms with Gasteiger partial charge in [-0.2, -0.15) is 0 Å². The molecule has 0 aliphatic heterocycles. The summed E-state index contributed by atoms with van der Waals surface area (Å²) >= 11 is 9.11. The first-order valence-electron chi connectivity index (χ1n) is 4.60. The van der Waals surface area contributed by atoms with E-state index in [2.05, 4.69) is 21.1 Å². The highest BCUT2D eigenvalue weighted by Gasteiger charge is 2.14. The fourth-order valence-corrected chi connectivity index (χ4v) is 2.21. The van der Waals surface area contributed by atoms with Crippen molar-refractivity contribution >= 4 is 27.5 Å². The zero-order valence-electron chi connectivity index (χ0n) is 8.54. The molecule has 0 saturated heterocycles. The standard InChI is InChI=1S/C11H9BrClNO2/c1-15-8-4-2-3-7(5-8)10-9(6-13)11(12)16-14-10/h2-5H,6H2,1H3. The van der Waals surface area contributed by atoms with Gasteiger partial charge in [-0.05, 0) is 28.1 Å². The topological polar surface area (TPSA) is 35.3 Å². The van der Waals surface area contributed by atoms with Gasteiger partial charge in [0.25, 0.3) is 0 Å². The quantitative estimate of drug-likeness (QED) is 0.808. The van der Waals surface area contributed by atoms with Crippen LogP contribution in [0.1, 0.15) is 5.56 Å². The number of aromatic nitrogens is 1. The lowest BCUT2D eigenvalue weighted by atomic mass is 10.1. The van der Waals surface area contributed by atoms with Gasteiger partial charge >= 0.3 is 0 Å². The SMILES string of the molecule is COc1cccc(-c2noc(Br)c2CCl)c1. The van der Waals surface area contributed by atoms with Crippen LogP contribution in [0.2, 0.25) is 0 Å². The Labute approximate surface area is 106 Å². The van der Waals surface area contributed by atoms with Gasteiger partial charge in [0.2, 0.25) is 4.67 Å². The minimum atomic E-state index is 0.344. The third-order valence-electron chi connectivity index (χ3n) is 2.22. The first kappa shape index (κ1) is 11.5. The van der Waals surface area contributed by atoms with Crippen LogP contribution in [-0.4, -0.2) is 12.3 Å². The second-order valence-corrected chi connectivity index (χ2v) is 4.14. The molecule has 2 rings (SSSR count). The van der Waals surface area contributed by atoms with Crippen molar-refractivity contribution in [3.63, 3.8) is 0 Å². The Hall–Kier alpha value is -1.00. The number of benzene rings is 1. The van der Waals surface area contributed by atoms with Crippen LogP contribution in [0.15, 0.2) is 33.5 Å². The van der Waals surface area contributed by atoms with Crippen molar-refractivity contribution in [2.75, 3.05) is 7.11 Å². The highest BCUT2D eigenvalue weighted by Crippen LogP contribution is 2.31. The van der Waals surface area contributed by atoms with E-state index in [1.54, 1.807) is 7.11 Å². The minimum Gasteiger partial charge on any atom is -0.497 e. The van der Waals surface area contributed by atoms with Crippen LogP contribution >= 0.6 is 27.5 Å². The molecule has 1 heterocycles. The molecule has 5 heteroatoms. The molecule has 0 unspecified atom stereocenters. The third kappa shape index (κ3) is 2.08. The largest absolute Gasteiger partial charge is 0.497 e. The monoisotopic (exact) mass is 301 g/mol. The number of methoxy groups -OCH3 is 1. The summed E-state index contributed by atoms with van der Waals surface area (Å²) in [5.74, 6) is 1.12. The predicted molar refractivity (Wildman–Crippen MR) is 65.7 cm³/mol. The normalized spacial score (nSPS) is 10.4. The van der Waals surface area contributed by atoms with E-state index < -0.39 is 0 Å². The van der Waals surface area contributed by atoms with Gasteiger partial charge in [-0.25, -0.2) is 0 Å². The molecule has 3 nitrogen and oxygen atoms in total. The Morgan fingerprint density at radius 3 is 3.00 bits per heavy atom. The fraction of sp³-hybridized carbons (Fsp3) is 0.182. The second-order valence-electron chi connectivity index (χ2n) is 3.15. The maximum atomic E-state index is 5.84. The van der Waals surface area contributed by atoms with Gasteiger partial charge in [-0.3, -0.25) is 0 Å². The summed E-state index contributed by atoms with van der Waals surface area (Å²) in [7, 11) is 1.63. The molecule has 0 fully saturated rings. The molecule has 16 heavy (non-hydrogen) atoms. The van der Waals surface area contributed by atoms with Crippen LogP contribution in [0.25, 0.3) is 11.3 Å². The van der Waals surface area contributed by atoms with Crippen LogP contribution in [0.5, 0.6) is 5.75 Å². The molecule has 2 aromatic rings. The van der Waals surface area contributed by atoms with Gasteiger partial charge in [-0.1, -0.05) is 17.3 Å². The lowest BCUT2D eigenvalue weighted by Crippen LogP contribution is -1.86. The summed E-state index contributed by atoms with van der Waals surface area (Å²) < 4.78 is 10.8. The lowest BCUT2D eigenvalue weighted by molar-refractivity contribution is 0.401. The zero-order chi connectivity index (χ0) is 11.5. The van der Waals surface area contributed by atoms with Gasteiger partial charge in [-0.15, -0.1) is 11.6 Å². The maximum absolute atomic E-state index is 5.84. The molecule has 84 valence electrons. The summed E-state index contributed by atoms with van der Waals surface area (Å²) in [6.45, 7) is 0. The molecule has 1 aromatic carbocycles. The zero-order valence-corrected chi connectivity index (χ0v) is 10.9. The first-order chi connectivity index (χ1) is 7.76. The number of halogens is 2. The molecule has 0 spiro atoms. The van der Waals surface area contributed by atoms with Crippen LogP contribution < -0.4 is 4.74 Å². The van der Waals surface area contributed by atoms with E-state index in [4.69, 9.17) is 20.9 Å². The smallest absolute Gasteiger partial charge is 0.206 e. The van der Waals surface area contributed by atoms with Crippen LogP contribution in [0.4, 0.5) is 0 Å². The van der Waals surface area contributed by atoms with Crippen molar-refractivity contribution < 1.29 is 9.26 Å². The third-order valence-corrected chi connectivity index (χ3v) is 3.11. The molecule has 0 aliphatic rings. The fourth-order valence-electron chi connectivity index (χ4n) is 1.40. The van der Waals surface area contributed by atoms with Crippen molar-refractivity contribution in [3.8, 4) is 17.0 Å². The highest BCUT2D eigenvalue weighted by molar-refractivity contribution is 9.10. The molecule has 0 N–H and O–H groups in total. The second kappa shape index (κ2) is 4.89. The summed E-state index contributed by atoms with van der Waals surface area (Å²) in [5.41, 5.74) is 2.50. The Morgan fingerprint density at radius 1 is 1.50 bits per heavy atom. The Morgan fingerprint density at radius 2 is 2.31 bits per heavy atom. The summed E-state index contributed by atoms with van der Waals surface area (Å²) in [4.78, 5) is 0. The number of rotatable bonds is 3. The van der Waals surface area contributed by atoms with Gasteiger partial charge in [0.15, 0.2) is 0 Å². The van der Waals surface area contributed by atoms with Gasteiger partial charge < -0.3 is 9.26 Å². The minimum absolute atomic E-state index is 0.344. The molecule has 0 bridgehead atoms. The van der Waals surface area contributed by atoms with Gasteiger partial charge in [0.1, 0.15) is 11.4 Å². The number of ether oxygens (including phenoxy) is 1. The van der Waals surface area contributed by atoms with Crippen molar-refractivity contribution in [2.45, 2.75) is 5.88 Å². The number of alkyl halides is 1. The van der Waals surface area contributed by atoms with Crippen molar-refractivity contribution in [1.29, 1.82) is 0 Å². The number of nitrogens with zero attached hydrogens (tertiary/aromatic N) is 1. The van der Waals surface area contributed by atoms with E-state index in [0.29, 0.717) is 10.5 Å². The number of hydrogen-bond donors (Lipinski definition) is 0. The Kier molecular flexibility index (Phi) is 3.51. The predicted octanol–water partition coefficient (Wildman–Crippen LogP) is 3.85. The summed E-state index contributed by atoms with van der Waals surface area (Å²) in [6, 6.07) is 7.59. The van der Waals surface area contributed by atoms with E-state index in [9.17, 15) is 0 Å². The molecule has 0 aliphatic carbocycles.